The van der Waals surface area contributed by atoms with Crippen LogP contribution in [0.2, 0.25) is 0 Å². The van der Waals surface area contributed by atoms with Gasteiger partial charge in [-0.25, -0.2) is 18.2 Å². The third-order valence-corrected chi connectivity index (χ3v) is 2.85. The van der Waals surface area contributed by atoms with E-state index in [9.17, 15) is 13.2 Å². The summed E-state index contributed by atoms with van der Waals surface area (Å²) in [6.45, 7) is 0. The van der Waals surface area contributed by atoms with Crippen LogP contribution in [0.15, 0.2) is 30.5 Å². The van der Waals surface area contributed by atoms with Crippen LogP contribution in [0.4, 0.5) is 19.0 Å². The second kappa shape index (κ2) is 5.27. The molecule has 3 N–H and O–H groups in total. The minimum Gasteiger partial charge on any atom is -0.383 e. The summed E-state index contributed by atoms with van der Waals surface area (Å²) in [5.41, 5.74) is 6.18. The molecule has 0 aliphatic carbocycles. The van der Waals surface area contributed by atoms with Gasteiger partial charge >= 0.3 is 0 Å². The summed E-state index contributed by atoms with van der Waals surface area (Å²) in [4.78, 5) is 3.89. The third kappa shape index (κ3) is 2.39. The lowest BCUT2D eigenvalue weighted by Gasteiger charge is -2.19. The molecule has 0 radical (unpaired) electrons. The molecule has 0 spiro atoms. The van der Waals surface area contributed by atoms with Crippen molar-refractivity contribution in [1.29, 1.82) is 0 Å². The Bertz CT molecular complexity index is 602. The molecule has 3 nitrogen and oxygen atoms in total. The van der Waals surface area contributed by atoms with Crippen molar-refractivity contribution in [3.05, 3.63) is 59.0 Å². The van der Waals surface area contributed by atoms with Gasteiger partial charge in [-0.1, -0.05) is 12.1 Å². The Hall–Kier alpha value is -2.08. The van der Waals surface area contributed by atoms with Crippen molar-refractivity contribution in [1.82, 2.24) is 10.3 Å². The van der Waals surface area contributed by atoms with E-state index in [0.717, 1.165) is 6.07 Å². The Kier molecular flexibility index (Phi) is 3.71. The van der Waals surface area contributed by atoms with E-state index in [1.165, 1.54) is 12.3 Å². The van der Waals surface area contributed by atoms with Gasteiger partial charge in [0, 0.05) is 17.3 Å². The number of aromatic nitrogens is 1. The lowest BCUT2D eigenvalue weighted by atomic mass is 9.98. The number of anilines is 1. The molecule has 100 valence electrons. The standard InChI is InChI=1S/C13H12F3N3/c1-18-12(8-3-2-6-19-13(8)17)7-4-5-9(14)11(16)10(7)15/h2-6,12,18H,1H3,(H2,17,19). The van der Waals surface area contributed by atoms with Gasteiger partial charge in [0.25, 0.3) is 0 Å². The van der Waals surface area contributed by atoms with Gasteiger partial charge in [0.1, 0.15) is 5.82 Å². The minimum absolute atomic E-state index is 0.0268. The topological polar surface area (TPSA) is 50.9 Å². The first kappa shape index (κ1) is 13.4. The highest BCUT2D eigenvalue weighted by Gasteiger charge is 2.22. The predicted octanol–water partition coefficient (Wildman–Crippen LogP) is 2.39. The maximum atomic E-state index is 13.8. The highest BCUT2D eigenvalue weighted by Crippen LogP contribution is 2.28. The van der Waals surface area contributed by atoms with Gasteiger partial charge in [-0.05, 0) is 19.2 Å². The fourth-order valence-electron chi connectivity index (χ4n) is 1.92. The summed E-state index contributed by atoms with van der Waals surface area (Å²) in [6.07, 6.45) is 1.49. The van der Waals surface area contributed by atoms with Crippen molar-refractivity contribution in [2.75, 3.05) is 12.8 Å². The summed E-state index contributed by atoms with van der Waals surface area (Å²) in [7, 11) is 1.57. The Labute approximate surface area is 108 Å². The Morgan fingerprint density at radius 2 is 1.84 bits per heavy atom. The first-order valence-electron chi connectivity index (χ1n) is 5.57. The number of nitrogens with two attached hydrogens (primary N) is 1. The summed E-state index contributed by atoms with van der Waals surface area (Å²) < 4.78 is 40.0. The smallest absolute Gasteiger partial charge is 0.194 e. The van der Waals surface area contributed by atoms with E-state index in [2.05, 4.69) is 10.3 Å². The van der Waals surface area contributed by atoms with Crippen molar-refractivity contribution < 1.29 is 13.2 Å². The molecule has 0 saturated heterocycles. The number of nitrogens with zero attached hydrogens (tertiary/aromatic N) is 1. The van der Waals surface area contributed by atoms with Gasteiger partial charge in [-0.15, -0.1) is 0 Å². The summed E-state index contributed by atoms with van der Waals surface area (Å²) in [6, 6.07) is 4.63. The van der Waals surface area contributed by atoms with E-state index in [4.69, 9.17) is 5.73 Å². The molecule has 1 aromatic carbocycles. The number of halogens is 3. The number of nitrogen functional groups attached to an aromatic ring is 1. The van der Waals surface area contributed by atoms with Crippen LogP contribution in [0.3, 0.4) is 0 Å². The van der Waals surface area contributed by atoms with Crippen LogP contribution < -0.4 is 11.1 Å². The zero-order valence-electron chi connectivity index (χ0n) is 10.1. The molecule has 0 fully saturated rings. The summed E-state index contributed by atoms with van der Waals surface area (Å²) in [5, 5.41) is 2.81. The van der Waals surface area contributed by atoms with E-state index in [1.807, 2.05) is 0 Å². The zero-order chi connectivity index (χ0) is 14.0. The van der Waals surface area contributed by atoms with E-state index < -0.39 is 23.5 Å². The number of rotatable bonds is 3. The highest BCUT2D eigenvalue weighted by atomic mass is 19.2. The van der Waals surface area contributed by atoms with Gasteiger partial charge < -0.3 is 11.1 Å². The lowest BCUT2D eigenvalue weighted by Crippen LogP contribution is -2.21. The van der Waals surface area contributed by atoms with Crippen molar-refractivity contribution >= 4 is 5.82 Å². The zero-order valence-corrected chi connectivity index (χ0v) is 10.1. The van der Waals surface area contributed by atoms with E-state index in [1.54, 1.807) is 19.2 Å². The summed E-state index contributed by atoms with van der Waals surface area (Å²) >= 11 is 0. The van der Waals surface area contributed by atoms with Crippen LogP contribution in [-0.4, -0.2) is 12.0 Å². The molecular weight excluding hydrogens is 255 g/mol. The predicted molar refractivity (Wildman–Crippen MR) is 65.9 cm³/mol. The maximum Gasteiger partial charge on any atom is 0.194 e. The molecule has 1 atom stereocenters. The SMILES string of the molecule is CNC(c1cccnc1N)c1ccc(F)c(F)c1F. The third-order valence-electron chi connectivity index (χ3n) is 2.85. The van der Waals surface area contributed by atoms with Crippen LogP contribution in [0, 0.1) is 17.5 Å². The Balaban J connectivity index is 2.55. The molecule has 1 unspecified atom stereocenters. The molecule has 0 aliphatic heterocycles. The van der Waals surface area contributed by atoms with Crippen molar-refractivity contribution in [3.63, 3.8) is 0 Å². The van der Waals surface area contributed by atoms with Crippen LogP contribution in [0.5, 0.6) is 0 Å². The van der Waals surface area contributed by atoms with Crippen LogP contribution in [0.25, 0.3) is 0 Å². The molecular formula is C13H12F3N3. The molecule has 0 saturated carbocycles. The monoisotopic (exact) mass is 267 g/mol. The number of pyridine rings is 1. The van der Waals surface area contributed by atoms with Gasteiger partial charge in [0.05, 0.1) is 6.04 Å². The number of hydrogen-bond donors (Lipinski definition) is 2. The fraction of sp³-hybridized carbons (Fsp3) is 0.154. The fourth-order valence-corrected chi connectivity index (χ4v) is 1.92. The van der Waals surface area contributed by atoms with Gasteiger partial charge in [0.2, 0.25) is 0 Å². The van der Waals surface area contributed by atoms with Gasteiger partial charge in [-0.3, -0.25) is 0 Å². The van der Waals surface area contributed by atoms with Crippen molar-refractivity contribution in [2.45, 2.75) is 6.04 Å². The molecule has 6 heteroatoms. The second-order valence-corrected chi connectivity index (χ2v) is 3.96. The molecule has 1 aromatic heterocycles. The van der Waals surface area contributed by atoms with Gasteiger partial charge in [0.15, 0.2) is 17.5 Å². The molecule has 19 heavy (non-hydrogen) atoms. The highest BCUT2D eigenvalue weighted by molar-refractivity contribution is 5.45. The summed E-state index contributed by atoms with van der Waals surface area (Å²) in [5.74, 6) is -3.76. The Morgan fingerprint density at radius 1 is 1.11 bits per heavy atom. The molecule has 0 amide bonds. The Morgan fingerprint density at radius 3 is 2.47 bits per heavy atom. The average Bonchev–Trinajstić information content (AvgIpc) is 2.41. The van der Waals surface area contributed by atoms with E-state index >= 15 is 0 Å². The number of benzene rings is 1. The first-order valence-corrected chi connectivity index (χ1v) is 5.57. The minimum atomic E-state index is -1.50. The van der Waals surface area contributed by atoms with E-state index in [-0.39, 0.29) is 11.4 Å². The van der Waals surface area contributed by atoms with Crippen LogP contribution in [0.1, 0.15) is 17.2 Å². The first-order chi connectivity index (χ1) is 9.06. The van der Waals surface area contributed by atoms with Crippen LogP contribution in [-0.2, 0) is 0 Å². The number of hydrogen-bond acceptors (Lipinski definition) is 3. The quantitative estimate of drug-likeness (QED) is 0.839. The average molecular weight is 267 g/mol. The molecule has 2 aromatic rings. The van der Waals surface area contributed by atoms with E-state index in [0.29, 0.717) is 5.56 Å². The van der Waals surface area contributed by atoms with Crippen molar-refractivity contribution in [2.24, 2.45) is 0 Å². The lowest BCUT2D eigenvalue weighted by molar-refractivity contribution is 0.435. The number of nitrogens with one attached hydrogen (secondary N) is 1. The maximum absolute atomic E-state index is 13.8. The molecule has 0 bridgehead atoms. The van der Waals surface area contributed by atoms with Gasteiger partial charge in [-0.2, -0.15) is 0 Å². The normalized spacial score (nSPS) is 12.4. The van der Waals surface area contributed by atoms with Crippen LogP contribution >= 0.6 is 0 Å². The molecule has 1 heterocycles. The van der Waals surface area contributed by atoms with Crippen molar-refractivity contribution in [3.8, 4) is 0 Å². The molecule has 2 rings (SSSR count). The second-order valence-electron chi connectivity index (χ2n) is 3.96. The molecule has 0 aliphatic rings. The largest absolute Gasteiger partial charge is 0.383 e.